The Morgan fingerprint density at radius 3 is 2.49 bits per heavy atom. The summed E-state index contributed by atoms with van der Waals surface area (Å²) < 4.78 is 53.1. The third-order valence-electron chi connectivity index (χ3n) is 10.5. The number of methoxy groups -OCH3 is 1. The highest BCUT2D eigenvalue weighted by molar-refractivity contribution is 5.96. The van der Waals surface area contributed by atoms with Crippen LogP contribution in [-0.2, 0) is 6.54 Å². The molecular formula is C35H43ClF3N9O3. The van der Waals surface area contributed by atoms with E-state index in [0.717, 1.165) is 56.1 Å². The molecule has 0 aliphatic carbocycles. The van der Waals surface area contributed by atoms with Crippen molar-refractivity contribution < 1.29 is 22.7 Å². The Labute approximate surface area is 299 Å². The lowest BCUT2D eigenvalue weighted by Gasteiger charge is -2.43. The predicted molar refractivity (Wildman–Crippen MR) is 190 cm³/mol. The molecule has 16 heteroatoms. The maximum Gasteiger partial charge on any atom is 0.335 e. The van der Waals surface area contributed by atoms with Crippen LogP contribution in [0.3, 0.4) is 0 Å². The number of nitrogens with two attached hydrogens (primary N) is 1. The number of anilines is 1. The highest BCUT2D eigenvalue weighted by Crippen LogP contribution is 2.38. The van der Waals surface area contributed by atoms with E-state index in [1.165, 1.54) is 30.1 Å². The smallest absolute Gasteiger partial charge is 0.335 e. The predicted octanol–water partition coefficient (Wildman–Crippen LogP) is 3.62. The zero-order chi connectivity index (χ0) is 35.0. The second kappa shape index (κ2) is 15.2. The van der Waals surface area contributed by atoms with Crippen LogP contribution in [0.5, 0.6) is 5.75 Å². The van der Waals surface area contributed by atoms with Crippen molar-refractivity contribution in [2.75, 3.05) is 58.7 Å². The quantitative estimate of drug-likeness (QED) is 0.224. The number of hydrogen-bond donors (Lipinski definition) is 3. The number of carbonyl (C=O) groups excluding carboxylic acids is 1. The number of hydrogen-bond acceptors (Lipinski definition) is 9. The van der Waals surface area contributed by atoms with E-state index in [4.69, 9.17) is 10.5 Å². The van der Waals surface area contributed by atoms with Crippen molar-refractivity contribution in [2.24, 2.45) is 5.92 Å². The van der Waals surface area contributed by atoms with Gasteiger partial charge in [-0.05, 0) is 81.1 Å². The largest absolute Gasteiger partial charge is 0.496 e. The van der Waals surface area contributed by atoms with Gasteiger partial charge in [-0.2, -0.15) is 0 Å². The molecule has 4 N–H and O–H groups in total. The SMILES string of the molecule is COc1cc(F)ccc1C(=O)NCc1ccc(-n2c(=O)n([C@@H]3CCN(CCC4CCN(C5CNC5)CC4)CC3(F)F)c3ncnc(N)c32)cc1.Cl. The summed E-state index contributed by atoms with van der Waals surface area (Å²) in [7, 11) is 1.35. The Balaban J connectivity index is 0.00000448. The molecule has 0 unspecified atom stereocenters. The van der Waals surface area contributed by atoms with E-state index in [1.807, 2.05) is 4.90 Å². The van der Waals surface area contributed by atoms with Crippen molar-refractivity contribution in [3.05, 3.63) is 76.2 Å². The van der Waals surface area contributed by atoms with E-state index >= 15 is 8.78 Å². The summed E-state index contributed by atoms with van der Waals surface area (Å²) in [5.41, 5.74) is 7.03. The molecule has 274 valence electrons. The van der Waals surface area contributed by atoms with Gasteiger partial charge in [0.2, 0.25) is 0 Å². The lowest BCUT2D eigenvalue weighted by atomic mass is 9.91. The molecule has 3 fully saturated rings. The maximum atomic E-state index is 16.0. The second-order valence-electron chi connectivity index (χ2n) is 13.5. The molecule has 0 spiro atoms. The average molecular weight is 730 g/mol. The van der Waals surface area contributed by atoms with Gasteiger partial charge in [0.15, 0.2) is 11.5 Å². The highest BCUT2D eigenvalue weighted by Gasteiger charge is 2.47. The molecule has 1 amide bonds. The van der Waals surface area contributed by atoms with Crippen LogP contribution in [-0.4, -0.2) is 99.7 Å². The van der Waals surface area contributed by atoms with Gasteiger partial charge >= 0.3 is 5.69 Å². The standard InChI is InChI=1S/C35H42F3N9O3.ClH/c1-50-28-16-24(36)4-7-27(28)33(48)41-17-23-2-5-25(6-3-23)46-30-31(39)42-21-43-32(30)47(34(46)49)29-11-13-44(20-35(29,37)38)12-8-22-9-14-45(15-10-22)26-18-40-19-26;/h2-7,16,21-22,26,29,40H,8-15,17-20H2,1H3,(H,41,48)(H2,39,42,43);1H/t29-;/m1./s1. The van der Waals surface area contributed by atoms with Gasteiger partial charge in [-0.3, -0.25) is 23.7 Å². The minimum atomic E-state index is -3.18. The number of nitrogens with one attached hydrogen (secondary N) is 2. The first kappa shape index (κ1) is 36.6. The van der Waals surface area contributed by atoms with Crippen LogP contribution in [0.15, 0.2) is 53.6 Å². The number of benzene rings is 2. The van der Waals surface area contributed by atoms with Crippen LogP contribution >= 0.6 is 12.4 Å². The summed E-state index contributed by atoms with van der Waals surface area (Å²) in [5, 5.41) is 6.10. The molecule has 0 radical (unpaired) electrons. The Morgan fingerprint density at radius 2 is 1.82 bits per heavy atom. The average Bonchev–Trinajstić information content (AvgIpc) is 3.38. The van der Waals surface area contributed by atoms with Gasteiger partial charge in [0, 0.05) is 38.3 Å². The number of alkyl halides is 2. The summed E-state index contributed by atoms with van der Waals surface area (Å²) in [6.07, 6.45) is 4.35. The van der Waals surface area contributed by atoms with E-state index in [1.54, 1.807) is 24.3 Å². The van der Waals surface area contributed by atoms with Crippen LogP contribution < -0.4 is 26.8 Å². The monoisotopic (exact) mass is 729 g/mol. The van der Waals surface area contributed by atoms with E-state index in [-0.39, 0.29) is 53.7 Å². The zero-order valence-corrected chi connectivity index (χ0v) is 29.2. The van der Waals surface area contributed by atoms with Gasteiger partial charge in [0.05, 0.1) is 24.9 Å². The molecule has 2 aromatic heterocycles. The van der Waals surface area contributed by atoms with Crippen LogP contribution in [0.25, 0.3) is 16.9 Å². The fourth-order valence-corrected chi connectivity index (χ4v) is 7.49. The lowest BCUT2D eigenvalue weighted by molar-refractivity contribution is -0.104. The van der Waals surface area contributed by atoms with Crippen molar-refractivity contribution in [3.63, 3.8) is 0 Å². The molecule has 2 aromatic carbocycles. The summed E-state index contributed by atoms with van der Waals surface area (Å²) in [6.45, 7) is 4.99. The fourth-order valence-electron chi connectivity index (χ4n) is 7.49. The number of halogens is 4. The zero-order valence-electron chi connectivity index (χ0n) is 28.4. The second-order valence-corrected chi connectivity index (χ2v) is 13.5. The van der Waals surface area contributed by atoms with E-state index < -0.39 is 35.9 Å². The molecule has 12 nitrogen and oxygen atoms in total. The highest BCUT2D eigenvalue weighted by atomic mass is 35.5. The van der Waals surface area contributed by atoms with E-state index in [9.17, 15) is 14.0 Å². The first-order chi connectivity index (χ1) is 24.1. The van der Waals surface area contributed by atoms with Crippen molar-refractivity contribution in [1.82, 2.24) is 39.5 Å². The van der Waals surface area contributed by atoms with Crippen LogP contribution in [0, 0.1) is 11.7 Å². The number of fused-ring (bicyclic) bond motifs is 1. The number of ether oxygens (including phenoxy) is 1. The van der Waals surface area contributed by atoms with Gasteiger partial charge in [-0.15, -0.1) is 12.4 Å². The molecule has 51 heavy (non-hydrogen) atoms. The van der Waals surface area contributed by atoms with E-state index in [2.05, 4.69) is 25.5 Å². The number of nitrogens with zero attached hydrogens (tertiary/aromatic N) is 6. The number of piperidine rings is 2. The normalized spacial score (nSPS) is 20.1. The van der Waals surface area contributed by atoms with Crippen LogP contribution in [0.2, 0.25) is 0 Å². The Bertz CT molecular complexity index is 1910. The molecule has 3 saturated heterocycles. The molecule has 3 aliphatic rings. The molecule has 4 aromatic rings. The summed E-state index contributed by atoms with van der Waals surface area (Å²) in [5.74, 6) is -3.52. The number of imidazole rings is 1. The Morgan fingerprint density at radius 1 is 1.08 bits per heavy atom. The lowest BCUT2D eigenvalue weighted by Crippen LogP contribution is -2.58. The maximum absolute atomic E-state index is 16.0. The number of rotatable bonds is 10. The van der Waals surface area contributed by atoms with Gasteiger partial charge in [-0.25, -0.2) is 27.9 Å². The van der Waals surface area contributed by atoms with Crippen LogP contribution in [0.1, 0.15) is 47.6 Å². The molecule has 5 heterocycles. The molecule has 7 rings (SSSR count). The number of carbonyl (C=O) groups is 1. The topological polar surface area (TPSA) is 136 Å². The van der Waals surface area contributed by atoms with Crippen molar-refractivity contribution in [3.8, 4) is 11.4 Å². The summed E-state index contributed by atoms with van der Waals surface area (Å²) in [4.78, 5) is 39.5. The summed E-state index contributed by atoms with van der Waals surface area (Å²) in [6, 6.07) is 9.58. The first-order valence-electron chi connectivity index (χ1n) is 17.1. The fraction of sp³-hybridized carbons (Fsp3) is 0.486. The van der Waals surface area contributed by atoms with Crippen molar-refractivity contribution in [1.29, 1.82) is 0 Å². The Kier molecular flexibility index (Phi) is 10.9. The van der Waals surface area contributed by atoms with Gasteiger partial charge in [0.25, 0.3) is 11.8 Å². The Hall–Kier alpha value is -4.18. The van der Waals surface area contributed by atoms with Gasteiger partial charge < -0.3 is 21.1 Å². The molecule has 3 aliphatic heterocycles. The third-order valence-corrected chi connectivity index (χ3v) is 10.5. The first-order valence-corrected chi connectivity index (χ1v) is 17.1. The number of nitrogen functional groups attached to an aromatic ring is 1. The van der Waals surface area contributed by atoms with Crippen molar-refractivity contribution in [2.45, 2.75) is 50.2 Å². The third kappa shape index (κ3) is 7.43. The van der Waals surface area contributed by atoms with E-state index in [0.29, 0.717) is 36.3 Å². The summed E-state index contributed by atoms with van der Waals surface area (Å²) >= 11 is 0. The van der Waals surface area contributed by atoms with Crippen LogP contribution in [0.4, 0.5) is 19.0 Å². The minimum absolute atomic E-state index is 0. The molecule has 1 atom stereocenters. The number of likely N-dealkylation sites (tertiary alicyclic amines) is 2. The molecule has 0 saturated carbocycles. The molecule has 0 bridgehead atoms. The number of aromatic nitrogens is 4. The number of amides is 1. The van der Waals surface area contributed by atoms with Gasteiger partial charge in [-0.1, -0.05) is 12.1 Å². The molecular weight excluding hydrogens is 687 g/mol. The minimum Gasteiger partial charge on any atom is -0.496 e. The van der Waals surface area contributed by atoms with Crippen molar-refractivity contribution >= 4 is 35.3 Å². The van der Waals surface area contributed by atoms with Gasteiger partial charge in [0.1, 0.15) is 29.5 Å².